The van der Waals surface area contributed by atoms with Crippen LogP contribution in [0.3, 0.4) is 0 Å². The van der Waals surface area contributed by atoms with E-state index in [1.807, 2.05) is 7.05 Å². The predicted molar refractivity (Wildman–Crippen MR) is 83.7 cm³/mol. The summed E-state index contributed by atoms with van der Waals surface area (Å²) < 4.78 is 23.4. The van der Waals surface area contributed by atoms with Gasteiger partial charge in [-0.15, -0.1) is 0 Å². The van der Waals surface area contributed by atoms with Crippen LogP contribution in [0.4, 0.5) is 0 Å². The molecule has 1 unspecified atom stereocenters. The van der Waals surface area contributed by atoms with Crippen LogP contribution in [0.25, 0.3) is 0 Å². The molecule has 1 aliphatic carbocycles. The van der Waals surface area contributed by atoms with Gasteiger partial charge in [0.2, 0.25) is 0 Å². The van der Waals surface area contributed by atoms with Gasteiger partial charge in [-0.3, -0.25) is 4.90 Å². The molecule has 118 valence electrons. The molecule has 0 aromatic carbocycles. The predicted octanol–water partition coefficient (Wildman–Crippen LogP) is 1.52. The van der Waals surface area contributed by atoms with Crippen molar-refractivity contribution in [3.05, 3.63) is 0 Å². The molecule has 2 fully saturated rings. The maximum absolute atomic E-state index is 11.7. The number of hydrogen-bond donors (Lipinski definition) is 1. The second-order valence-corrected chi connectivity index (χ2v) is 9.38. The minimum Gasteiger partial charge on any atom is -0.319 e. The number of sulfone groups is 1. The van der Waals surface area contributed by atoms with Crippen LogP contribution < -0.4 is 5.32 Å². The molecule has 2 rings (SSSR count). The monoisotopic (exact) mass is 302 g/mol. The van der Waals surface area contributed by atoms with E-state index in [-0.39, 0.29) is 6.04 Å². The van der Waals surface area contributed by atoms with Gasteiger partial charge in [0, 0.05) is 25.7 Å². The van der Waals surface area contributed by atoms with Crippen LogP contribution in [0.5, 0.6) is 0 Å². The SMILES string of the molecule is CNCC1(CN2CCS(=O)(=O)CC2C)CCC(C)CC1. The largest absolute Gasteiger partial charge is 0.319 e. The minimum absolute atomic E-state index is 0.168. The van der Waals surface area contributed by atoms with Crippen molar-refractivity contribution in [2.75, 3.05) is 38.2 Å². The summed E-state index contributed by atoms with van der Waals surface area (Å²) in [5.74, 6) is 1.52. The minimum atomic E-state index is -2.80. The van der Waals surface area contributed by atoms with Crippen molar-refractivity contribution >= 4 is 9.84 Å². The van der Waals surface area contributed by atoms with E-state index in [1.54, 1.807) is 0 Å². The van der Waals surface area contributed by atoms with E-state index in [4.69, 9.17) is 0 Å². The Kier molecular flexibility index (Phi) is 5.14. The van der Waals surface area contributed by atoms with E-state index in [2.05, 4.69) is 24.1 Å². The first-order valence-corrected chi connectivity index (χ1v) is 9.77. The summed E-state index contributed by atoms with van der Waals surface area (Å²) in [4.78, 5) is 2.41. The van der Waals surface area contributed by atoms with Crippen LogP contribution in [0, 0.1) is 11.3 Å². The second kappa shape index (κ2) is 6.32. The Hall–Kier alpha value is -0.130. The second-order valence-electron chi connectivity index (χ2n) is 7.15. The lowest BCUT2D eigenvalue weighted by Gasteiger charge is -2.45. The van der Waals surface area contributed by atoms with Crippen LogP contribution in [0.2, 0.25) is 0 Å². The van der Waals surface area contributed by atoms with Gasteiger partial charge in [0.1, 0.15) is 0 Å². The maximum Gasteiger partial charge on any atom is 0.153 e. The number of nitrogens with one attached hydrogen (secondary N) is 1. The van der Waals surface area contributed by atoms with Gasteiger partial charge < -0.3 is 5.32 Å². The van der Waals surface area contributed by atoms with Gasteiger partial charge in [0.05, 0.1) is 11.5 Å². The number of hydrogen-bond acceptors (Lipinski definition) is 4. The van der Waals surface area contributed by atoms with Crippen LogP contribution >= 0.6 is 0 Å². The Morgan fingerprint density at radius 2 is 1.90 bits per heavy atom. The summed E-state index contributed by atoms with van der Waals surface area (Å²) in [6, 6.07) is 0.168. The van der Waals surface area contributed by atoms with Gasteiger partial charge in [-0.05, 0) is 38.1 Å². The highest BCUT2D eigenvalue weighted by Gasteiger charge is 2.38. The van der Waals surface area contributed by atoms with Crippen LogP contribution in [0.1, 0.15) is 39.5 Å². The first-order chi connectivity index (χ1) is 9.36. The van der Waals surface area contributed by atoms with E-state index >= 15 is 0 Å². The van der Waals surface area contributed by atoms with Gasteiger partial charge in [-0.2, -0.15) is 0 Å². The number of nitrogens with zero attached hydrogens (tertiary/aromatic N) is 1. The Balaban J connectivity index is 2.01. The summed E-state index contributed by atoms with van der Waals surface area (Å²) in [5.41, 5.74) is 0.344. The molecular formula is C15H30N2O2S. The van der Waals surface area contributed by atoms with E-state index in [0.717, 1.165) is 19.0 Å². The van der Waals surface area contributed by atoms with Crippen LogP contribution in [0.15, 0.2) is 0 Å². The van der Waals surface area contributed by atoms with Gasteiger partial charge in [0.25, 0.3) is 0 Å². The average Bonchev–Trinajstić information content (AvgIpc) is 2.37. The van der Waals surface area contributed by atoms with Crippen molar-refractivity contribution in [3.63, 3.8) is 0 Å². The zero-order chi connectivity index (χ0) is 14.8. The van der Waals surface area contributed by atoms with E-state index in [0.29, 0.717) is 23.5 Å². The third kappa shape index (κ3) is 3.95. The molecule has 1 heterocycles. The fraction of sp³-hybridized carbons (Fsp3) is 1.00. The lowest BCUT2D eigenvalue weighted by molar-refractivity contribution is 0.0739. The molecule has 4 nitrogen and oxygen atoms in total. The molecule has 1 atom stereocenters. The summed E-state index contributed by atoms with van der Waals surface area (Å²) in [6.45, 7) is 7.23. The molecule has 1 saturated heterocycles. The average molecular weight is 302 g/mol. The standard InChI is InChI=1S/C15H30N2O2S/c1-13-4-6-15(7-5-13,11-16-3)12-17-8-9-20(18,19)10-14(17)2/h13-14,16H,4-12H2,1-3H3. The zero-order valence-corrected chi connectivity index (χ0v) is 14.0. The maximum atomic E-state index is 11.7. The number of rotatable bonds is 4. The molecule has 5 heteroatoms. The summed E-state index contributed by atoms with van der Waals surface area (Å²) in [7, 11) is -0.772. The van der Waals surface area contributed by atoms with Crippen molar-refractivity contribution in [2.45, 2.75) is 45.6 Å². The lowest BCUT2D eigenvalue weighted by Crippen LogP contribution is -2.53. The molecule has 0 spiro atoms. The quantitative estimate of drug-likeness (QED) is 0.855. The molecular weight excluding hydrogens is 272 g/mol. The third-order valence-corrected chi connectivity index (χ3v) is 7.03. The summed E-state index contributed by atoms with van der Waals surface area (Å²) in [6.07, 6.45) is 5.15. The van der Waals surface area contributed by atoms with Gasteiger partial charge in [0.15, 0.2) is 9.84 Å². The van der Waals surface area contributed by atoms with E-state index in [1.165, 1.54) is 25.7 Å². The Morgan fingerprint density at radius 3 is 2.45 bits per heavy atom. The molecule has 1 N–H and O–H groups in total. The van der Waals surface area contributed by atoms with Crippen LogP contribution in [-0.2, 0) is 9.84 Å². The molecule has 0 bridgehead atoms. The zero-order valence-electron chi connectivity index (χ0n) is 13.2. The normalized spacial score (nSPS) is 38.8. The van der Waals surface area contributed by atoms with Crippen molar-refractivity contribution in [1.82, 2.24) is 10.2 Å². The fourth-order valence-corrected chi connectivity index (χ4v) is 5.46. The molecule has 20 heavy (non-hydrogen) atoms. The lowest BCUT2D eigenvalue weighted by atomic mass is 9.70. The first-order valence-electron chi connectivity index (χ1n) is 7.95. The highest BCUT2D eigenvalue weighted by atomic mass is 32.2. The van der Waals surface area contributed by atoms with Gasteiger partial charge >= 0.3 is 0 Å². The molecule has 1 aliphatic heterocycles. The molecule has 0 amide bonds. The van der Waals surface area contributed by atoms with Crippen molar-refractivity contribution in [2.24, 2.45) is 11.3 Å². The summed E-state index contributed by atoms with van der Waals surface area (Å²) >= 11 is 0. The topological polar surface area (TPSA) is 49.4 Å². The molecule has 2 aliphatic rings. The Labute approximate surface area is 124 Å². The van der Waals surface area contributed by atoms with Gasteiger partial charge in [-0.1, -0.05) is 19.8 Å². The Bertz CT molecular complexity index is 414. The first kappa shape index (κ1) is 16.2. The van der Waals surface area contributed by atoms with Crippen LogP contribution in [-0.4, -0.2) is 57.5 Å². The fourth-order valence-electron chi connectivity index (χ4n) is 3.84. The van der Waals surface area contributed by atoms with Crippen molar-refractivity contribution < 1.29 is 8.42 Å². The van der Waals surface area contributed by atoms with Crippen molar-refractivity contribution in [3.8, 4) is 0 Å². The summed E-state index contributed by atoms with van der Waals surface area (Å²) in [5, 5.41) is 3.37. The smallest absolute Gasteiger partial charge is 0.153 e. The molecule has 0 radical (unpaired) electrons. The van der Waals surface area contributed by atoms with Gasteiger partial charge in [-0.25, -0.2) is 8.42 Å². The highest BCUT2D eigenvalue weighted by molar-refractivity contribution is 7.91. The van der Waals surface area contributed by atoms with E-state index < -0.39 is 9.84 Å². The molecule has 1 saturated carbocycles. The molecule has 0 aromatic rings. The van der Waals surface area contributed by atoms with E-state index in [9.17, 15) is 8.42 Å². The Morgan fingerprint density at radius 1 is 1.25 bits per heavy atom. The third-order valence-electron chi connectivity index (χ3n) is 5.23. The molecule has 0 aromatic heterocycles. The highest BCUT2D eigenvalue weighted by Crippen LogP contribution is 2.39. The van der Waals surface area contributed by atoms with Crippen molar-refractivity contribution in [1.29, 1.82) is 0 Å².